The second kappa shape index (κ2) is 7.66. The molecule has 0 radical (unpaired) electrons. The van der Waals surface area contributed by atoms with Crippen molar-refractivity contribution >= 4 is 28.5 Å². The number of hydrogen-bond acceptors (Lipinski definition) is 6. The Labute approximate surface area is 182 Å². The van der Waals surface area contributed by atoms with Gasteiger partial charge in [-0.05, 0) is 44.4 Å². The summed E-state index contributed by atoms with van der Waals surface area (Å²) in [6.45, 7) is 2.88. The molecule has 0 unspecified atom stereocenters. The highest BCUT2D eigenvalue weighted by atomic mass is 35.5. The van der Waals surface area contributed by atoms with Crippen LogP contribution in [0.3, 0.4) is 0 Å². The van der Waals surface area contributed by atoms with E-state index in [4.69, 9.17) is 11.6 Å². The van der Waals surface area contributed by atoms with Crippen LogP contribution in [0.5, 0.6) is 0 Å². The highest BCUT2D eigenvalue weighted by Crippen LogP contribution is 2.50. The monoisotopic (exact) mass is 443 g/mol. The molecule has 0 aliphatic heterocycles. The van der Waals surface area contributed by atoms with Crippen LogP contribution in [0.25, 0.3) is 11.0 Å². The lowest BCUT2D eigenvalue weighted by Gasteiger charge is -2.22. The fraction of sp³-hybridized carbons (Fsp3) is 0.364. The van der Waals surface area contributed by atoms with E-state index >= 15 is 0 Å². The number of nitrogens with one attached hydrogen (secondary N) is 1. The minimum atomic E-state index is -3.36. The van der Waals surface area contributed by atoms with Crippen LogP contribution in [0.4, 0.5) is 14.6 Å². The Morgan fingerprint density at radius 2 is 2.00 bits per heavy atom. The van der Waals surface area contributed by atoms with Crippen molar-refractivity contribution in [2.45, 2.75) is 50.2 Å². The normalized spacial score (nSPS) is 17.1. The molecule has 1 aromatic carbocycles. The number of pyridine rings is 1. The zero-order chi connectivity index (χ0) is 22.4. The standard InChI is InChI=1S/C22H20ClF2N5O/c1-12(14-4-3-5-15(8-14)22(24,25)13(2)31)29-19-16-9-17(21(10-26)6-7-21)18(23)30-20(16)28-11-27-19/h3-5,8-9,11-13,31H,6-7H2,1-2H3,(H,27,28,29,30)/t12-,13-/m1/s1. The molecule has 1 fully saturated rings. The number of hydrogen-bond donors (Lipinski definition) is 2. The van der Waals surface area contributed by atoms with Gasteiger partial charge in [-0.15, -0.1) is 0 Å². The third-order valence-corrected chi connectivity index (χ3v) is 5.99. The lowest BCUT2D eigenvalue weighted by molar-refractivity contribution is -0.106. The predicted molar refractivity (Wildman–Crippen MR) is 113 cm³/mol. The van der Waals surface area contributed by atoms with Crippen molar-refractivity contribution in [2.24, 2.45) is 0 Å². The minimum Gasteiger partial charge on any atom is -0.387 e. The first-order chi connectivity index (χ1) is 14.7. The predicted octanol–water partition coefficient (Wildman–Crippen LogP) is 4.88. The zero-order valence-electron chi connectivity index (χ0n) is 16.9. The van der Waals surface area contributed by atoms with E-state index in [1.54, 1.807) is 12.1 Å². The number of nitrogens with zero attached hydrogens (tertiary/aromatic N) is 4. The number of rotatable bonds is 6. The molecule has 2 N–H and O–H groups in total. The average molecular weight is 444 g/mol. The number of fused-ring (bicyclic) bond motifs is 1. The van der Waals surface area contributed by atoms with Gasteiger partial charge in [-0.25, -0.2) is 15.0 Å². The Kier molecular flexibility index (Phi) is 5.28. The molecule has 2 heterocycles. The van der Waals surface area contributed by atoms with Gasteiger partial charge in [-0.3, -0.25) is 0 Å². The van der Waals surface area contributed by atoms with E-state index in [0.29, 0.717) is 40.8 Å². The molecule has 0 spiro atoms. The van der Waals surface area contributed by atoms with Crippen LogP contribution in [0, 0.1) is 11.3 Å². The maximum atomic E-state index is 14.3. The van der Waals surface area contributed by atoms with Gasteiger partial charge < -0.3 is 10.4 Å². The number of halogens is 3. The number of aliphatic hydroxyl groups excluding tert-OH is 1. The number of benzene rings is 1. The fourth-order valence-corrected chi connectivity index (χ4v) is 3.84. The molecule has 160 valence electrons. The maximum absolute atomic E-state index is 14.3. The summed E-state index contributed by atoms with van der Waals surface area (Å²) in [5.74, 6) is -2.90. The molecule has 0 amide bonds. The van der Waals surface area contributed by atoms with E-state index in [1.807, 2.05) is 6.92 Å². The van der Waals surface area contributed by atoms with Crippen molar-refractivity contribution in [3.8, 4) is 6.07 Å². The third-order valence-electron chi connectivity index (χ3n) is 5.71. The van der Waals surface area contributed by atoms with Gasteiger partial charge in [0.05, 0.1) is 16.9 Å². The lowest BCUT2D eigenvalue weighted by Crippen LogP contribution is -2.28. The van der Waals surface area contributed by atoms with Crippen molar-refractivity contribution in [1.82, 2.24) is 15.0 Å². The topological polar surface area (TPSA) is 94.7 Å². The molecule has 1 aliphatic rings. The van der Waals surface area contributed by atoms with Crippen molar-refractivity contribution in [2.75, 3.05) is 5.32 Å². The SMILES string of the molecule is C[C@@H](Nc1ncnc2nc(Cl)c(C3(C#N)CC3)cc12)c1cccc(C(F)(F)[C@@H](C)O)c1. The van der Waals surface area contributed by atoms with Gasteiger partial charge in [-0.2, -0.15) is 14.0 Å². The first-order valence-corrected chi connectivity index (χ1v) is 10.2. The minimum absolute atomic E-state index is 0.248. The summed E-state index contributed by atoms with van der Waals surface area (Å²) >= 11 is 6.31. The van der Waals surface area contributed by atoms with Crippen LogP contribution in [0.2, 0.25) is 5.15 Å². The quantitative estimate of drug-likeness (QED) is 0.527. The summed E-state index contributed by atoms with van der Waals surface area (Å²) in [7, 11) is 0. The summed E-state index contributed by atoms with van der Waals surface area (Å²) < 4.78 is 28.5. The van der Waals surface area contributed by atoms with Crippen LogP contribution in [0.1, 0.15) is 49.4 Å². The third kappa shape index (κ3) is 3.80. The van der Waals surface area contributed by atoms with E-state index in [1.165, 1.54) is 24.5 Å². The summed E-state index contributed by atoms with van der Waals surface area (Å²) in [5.41, 5.74) is 0.733. The van der Waals surface area contributed by atoms with Crippen molar-refractivity contribution in [1.29, 1.82) is 5.26 Å². The first-order valence-electron chi connectivity index (χ1n) is 9.84. The molecule has 1 aliphatic carbocycles. The largest absolute Gasteiger partial charge is 0.387 e. The van der Waals surface area contributed by atoms with Gasteiger partial charge in [0.1, 0.15) is 23.4 Å². The van der Waals surface area contributed by atoms with Gasteiger partial charge >= 0.3 is 0 Å². The Morgan fingerprint density at radius 3 is 2.65 bits per heavy atom. The lowest BCUT2D eigenvalue weighted by atomic mass is 9.98. The molecule has 2 atom stereocenters. The van der Waals surface area contributed by atoms with Gasteiger partial charge in [0.25, 0.3) is 5.92 Å². The molecule has 2 aromatic heterocycles. The highest BCUT2D eigenvalue weighted by molar-refractivity contribution is 6.30. The van der Waals surface area contributed by atoms with Gasteiger partial charge in [0, 0.05) is 17.2 Å². The molecule has 0 bridgehead atoms. The molecular weight excluding hydrogens is 424 g/mol. The van der Waals surface area contributed by atoms with Gasteiger partial charge in [0.2, 0.25) is 0 Å². The highest BCUT2D eigenvalue weighted by Gasteiger charge is 2.47. The van der Waals surface area contributed by atoms with Crippen LogP contribution >= 0.6 is 11.6 Å². The first kappa shape index (κ1) is 21.3. The Morgan fingerprint density at radius 1 is 1.26 bits per heavy atom. The van der Waals surface area contributed by atoms with E-state index in [2.05, 4.69) is 26.3 Å². The summed E-state index contributed by atoms with van der Waals surface area (Å²) in [4.78, 5) is 12.8. The second-order valence-electron chi connectivity index (χ2n) is 7.90. The maximum Gasteiger partial charge on any atom is 0.298 e. The molecule has 4 rings (SSSR count). The van der Waals surface area contributed by atoms with Gasteiger partial charge in [0.15, 0.2) is 5.65 Å². The molecule has 9 heteroatoms. The number of aliphatic hydroxyl groups is 1. The zero-order valence-corrected chi connectivity index (χ0v) is 17.7. The van der Waals surface area contributed by atoms with Crippen LogP contribution in [-0.4, -0.2) is 26.2 Å². The number of alkyl halides is 2. The second-order valence-corrected chi connectivity index (χ2v) is 8.26. The van der Waals surface area contributed by atoms with Crippen molar-refractivity contribution in [3.05, 3.63) is 58.5 Å². The van der Waals surface area contributed by atoms with E-state index in [0.717, 1.165) is 6.92 Å². The summed E-state index contributed by atoms with van der Waals surface area (Å²) in [6.07, 6.45) is 0.970. The van der Waals surface area contributed by atoms with Crippen LogP contribution in [0.15, 0.2) is 36.7 Å². The number of anilines is 1. The van der Waals surface area contributed by atoms with Crippen LogP contribution < -0.4 is 5.32 Å². The smallest absolute Gasteiger partial charge is 0.298 e. The number of nitriles is 1. The molecule has 0 saturated heterocycles. The Hall–Kier alpha value is -2.89. The molecule has 31 heavy (non-hydrogen) atoms. The Bertz CT molecular complexity index is 1190. The van der Waals surface area contributed by atoms with E-state index in [9.17, 15) is 19.1 Å². The molecule has 1 saturated carbocycles. The van der Waals surface area contributed by atoms with Crippen molar-refractivity contribution < 1.29 is 13.9 Å². The fourth-order valence-electron chi connectivity index (χ4n) is 3.53. The van der Waals surface area contributed by atoms with E-state index < -0.39 is 17.4 Å². The molecule has 3 aromatic rings. The molecule has 6 nitrogen and oxygen atoms in total. The van der Waals surface area contributed by atoms with E-state index in [-0.39, 0.29) is 16.8 Å². The summed E-state index contributed by atoms with van der Waals surface area (Å²) in [5, 5.41) is 23.0. The Balaban J connectivity index is 1.69. The van der Waals surface area contributed by atoms with Crippen molar-refractivity contribution in [3.63, 3.8) is 0 Å². The van der Waals surface area contributed by atoms with Crippen LogP contribution in [-0.2, 0) is 11.3 Å². The number of aromatic nitrogens is 3. The van der Waals surface area contributed by atoms with Gasteiger partial charge in [-0.1, -0.05) is 29.8 Å². The molecular formula is C22H20ClF2N5O. The summed E-state index contributed by atoms with van der Waals surface area (Å²) in [6, 6.07) is 9.62. The average Bonchev–Trinajstić information content (AvgIpc) is 3.54.